The molecular weight excluding hydrogens is 135 g/mol. The second kappa shape index (κ2) is 2.96. The fraction of sp³-hybridized carbons (Fsp3) is 0. The summed E-state index contributed by atoms with van der Waals surface area (Å²) in [6, 6.07) is 1.80. The Morgan fingerprint density at radius 3 is 3.00 bits per heavy atom. The van der Waals surface area contributed by atoms with E-state index < -0.39 is 6.04 Å². The maximum absolute atomic E-state index is 11.5. The molecule has 2 nitrogen and oxygen atoms in total. The lowest BCUT2D eigenvalue weighted by atomic mass is 10.4. The number of halogens is 1. The van der Waals surface area contributed by atoms with Crippen LogP contribution in [-0.4, -0.2) is 6.04 Å². The first-order valence-corrected chi connectivity index (χ1v) is 2.70. The molecule has 0 amide bonds. The van der Waals surface area contributed by atoms with Crippen LogP contribution in [0.1, 0.15) is 5.76 Å². The van der Waals surface area contributed by atoms with Crippen LogP contribution in [0.3, 0.4) is 0 Å². The summed E-state index contributed by atoms with van der Waals surface area (Å²) in [5, 5.41) is 0. The van der Waals surface area contributed by atoms with Crippen LogP contribution in [0.15, 0.2) is 28.9 Å². The van der Waals surface area contributed by atoms with Gasteiger partial charge in [0.15, 0.2) is 0 Å². The predicted molar refractivity (Wildman–Crippen MR) is 33.9 cm³/mol. The van der Waals surface area contributed by atoms with Gasteiger partial charge in [-0.2, -0.15) is 4.39 Å². The van der Waals surface area contributed by atoms with Crippen molar-refractivity contribution in [2.75, 3.05) is 0 Å². The Hall–Kier alpha value is -1.38. The van der Waals surface area contributed by atoms with Crippen molar-refractivity contribution in [1.29, 1.82) is 0 Å². The molecule has 0 aliphatic heterocycles. The van der Waals surface area contributed by atoms with Crippen molar-refractivity contribution in [3.63, 3.8) is 0 Å². The van der Waals surface area contributed by atoms with Gasteiger partial charge < -0.3 is 4.42 Å². The highest BCUT2D eigenvalue weighted by atomic mass is 19.1. The Bertz CT molecular complexity index is 236. The van der Waals surface area contributed by atoms with Crippen LogP contribution in [-0.2, 0) is 4.79 Å². The highest BCUT2D eigenvalue weighted by molar-refractivity contribution is 5.85. The van der Waals surface area contributed by atoms with Crippen LogP contribution in [0.4, 0.5) is 4.39 Å². The van der Waals surface area contributed by atoms with Crippen LogP contribution in [0.5, 0.6) is 0 Å². The Balaban J connectivity index is 2.64. The molecule has 1 rings (SSSR count). The fourth-order valence-corrected chi connectivity index (χ4v) is 0.534. The molecule has 1 aromatic heterocycles. The third-order valence-electron chi connectivity index (χ3n) is 0.922. The molecule has 0 aliphatic rings. The monoisotopic (exact) mass is 140 g/mol. The molecule has 0 saturated heterocycles. The van der Waals surface area contributed by atoms with E-state index in [0.29, 0.717) is 5.76 Å². The summed E-state index contributed by atoms with van der Waals surface area (Å²) in [5.41, 5.74) is 0. The van der Waals surface area contributed by atoms with Gasteiger partial charge >= 0.3 is 6.04 Å². The van der Waals surface area contributed by atoms with E-state index in [4.69, 9.17) is 4.42 Å². The first-order chi connectivity index (χ1) is 4.79. The first-order valence-electron chi connectivity index (χ1n) is 2.70. The SMILES string of the molecule is O=C(F)C=Cc1ccco1. The Labute approximate surface area is 57.0 Å². The molecular formula is C7H5FO2. The molecule has 10 heavy (non-hydrogen) atoms. The molecule has 0 aliphatic carbocycles. The lowest BCUT2D eigenvalue weighted by molar-refractivity contribution is -0.124. The molecule has 0 saturated carbocycles. The van der Waals surface area contributed by atoms with Crippen LogP contribution in [0, 0.1) is 0 Å². The van der Waals surface area contributed by atoms with Gasteiger partial charge in [0.25, 0.3) is 0 Å². The van der Waals surface area contributed by atoms with Gasteiger partial charge in [-0.3, -0.25) is 4.79 Å². The lowest BCUT2D eigenvalue weighted by Gasteiger charge is -1.77. The number of hydrogen-bond donors (Lipinski definition) is 0. The normalized spacial score (nSPS) is 10.5. The summed E-state index contributed by atoms with van der Waals surface area (Å²) in [4.78, 5) is 9.74. The van der Waals surface area contributed by atoms with Crippen molar-refractivity contribution in [3.05, 3.63) is 30.2 Å². The molecule has 0 bridgehead atoms. The zero-order valence-corrected chi connectivity index (χ0v) is 5.08. The average Bonchev–Trinajstić information content (AvgIpc) is 2.34. The van der Waals surface area contributed by atoms with Gasteiger partial charge in [0.05, 0.1) is 6.26 Å². The van der Waals surface area contributed by atoms with E-state index in [1.54, 1.807) is 12.1 Å². The van der Waals surface area contributed by atoms with E-state index in [1.165, 1.54) is 12.3 Å². The second-order valence-electron chi connectivity index (χ2n) is 1.65. The van der Waals surface area contributed by atoms with Crippen molar-refractivity contribution in [1.82, 2.24) is 0 Å². The number of carbonyl (C=O) groups is 1. The van der Waals surface area contributed by atoms with Gasteiger partial charge in [-0.1, -0.05) is 0 Å². The minimum Gasteiger partial charge on any atom is -0.465 e. The molecule has 0 spiro atoms. The van der Waals surface area contributed by atoms with Crippen LogP contribution >= 0.6 is 0 Å². The molecule has 0 N–H and O–H groups in total. The molecule has 0 atom stereocenters. The number of hydrogen-bond acceptors (Lipinski definition) is 2. The molecule has 1 heterocycles. The molecule has 1 aromatic rings. The van der Waals surface area contributed by atoms with E-state index in [-0.39, 0.29) is 0 Å². The minimum absolute atomic E-state index is 0.464. The molecule has 0 unspecified atom stereocenters. The third kappa shape index (κ3) is 1.85. The fourth-order valence-electron chi connectivity index (χ4n) is 0.534. The summed E-state index contributed by atoms with van der Waals surface area (Å²) >= 11 is 0. The Morgan fingerprint density at radius 2 is 2.50 bits per heavy atom. The number of rotatable bonds is 2. The molecule has 52 valence electrons. The zero-order chi connectivity index (χ0) is 7.40. The van der Waals surface area contributed by atoms with Crippen molar-refractivity contribution in [2.24, 2.45) is 0 Å². The summed E-state index contributed by atoms with van der Waals surface area (Å²) in [7, 11) is 0. The highest BCUT2D eigenvalue weighted by Gasteiger charge is 1.90. The van der Waals surface area contributed by atoms with Gasteiger partial charge in [0.2, 0.25) is 0 Å². The van der Waals surface area contributed by atoms with Crippen molar-refractivity contribution >= 4 is 12.1 Å². The first kappa shape index (κ1) is 6.74. The van der Waals surface area contributed by atoms with Gasteiger partial charge in [-0.25, -0.2) is 0 Å². The molecule has 3 heteroatoms. The summed E-state index contributed by atoms with van der Waals surface area (Å²) in [6.45, 7) is 0. The Morgan fingerprint density at radius 1 is 1.70 bits per heavy atom. The smallest absolute Gasteiger partial charge is 0.325 e. The lowest BCUT2D eigenvalue weighted by Crippen LogP contribution is -1.75. The largest absolute Gasteiger partial charge is 0.465 e. The molecule has 0 fully saturated rings. The van der Waals surface area contributed by atoms with Crippen molar-refractivity contribution < 1.29 is 13.6 Å². The molecule has 0 aromatic carbocycles. The standard InChI is InChI=1S/C7H5FO2/c8-7(9)4-3-6-2-1-5-10-6/h1-5H. The van der Waals surface area contributed by atoms with Gasteiger partial charge in [-0.15, -0.1) is 0 Å². The van der Waals surface area contributed by atoms with Gasteiger partial charge in [-0.05, 0) is 18.2 Å². The summed E-state index contributed by atoms with van der Waals surface area (Å²) < 4.78 is 16.3. The number of allylic oxidation sites excluding steroid dienone is 1. The maximum atomic E-state index is 11.5. The Kier molecular flexibility index (Phi) is 1.99. The van der Waals surface area contributed by atoms with E-state index in [1.807, 2.05) is 0 Å². The van der Waals surface area contributed by atoms with Crippen LogP contribution in [0.25, 0.3) is 6.08 Å². The number of furan rings is 1. The summed E-state index contributed by atoms with van der Waals surface area (Å²) in [6.07, 6.45) is 3.52. The van der Waals surface area contributed by atoms with E-state index in [2.05, 4.69) is 0 Å². The van der Waals surface area contributed by atoms with Crippen LogP contribution in [0.2, 0.25) is 0 Å². The highest BCUT2D eigenvalue weighted by Crippen LogP contribution is 2.01. The van der Waals surface area contributed by atoms with E-state index >= 15 is 0 Å². The second-order valence-corrected chi connectivity index (χ2v) is 1.65. The van der Waals surface area contributed by atoms with Crippen molar-refractivity contribution in [3.8, 4) is 0 Å². The topological polar surface area (TPSA) is 30.2 Å². The number of carbonyl (C=O) groups excluding carboxylic acids is 1. The quantitative estimate of drug-likeness (QED) is 0.463. The zero-order valence-electron chi connectivity index (χ0n) is 5.08. The minimum atomic E-state index is -1.48. The average molecular weight is 140 g/mol. The third-order valence-corrected chi connectivity index (χ3v) is 0.922. The van der Waals surface area contributed by atoms with Gasteiger partial charge in [0, 0.05) is 6.08 Å². The van der Waals surface area contributed by atoms with Gasteiger partial charge in [0.1, 0.15) is 5.76 Å². The van der Waals surface area contributed by atoms with E-state index in [9.17, 15) is 9.18 Å². The maximum Gasteiger partial charge on any atom is 0.325 e. The van der Waals surface area contributed by atoms with Crippen LogP contribution < -0.4 is 0 Å². The predicted octanol–water partition coefficient (Wildman–Crippen LogP) is 1.79. The molecule has 0 radical (unpaired) electrons. The van der Waals surface area contributed by atoms with E-state index in [0.717, 1.165) is 6.08 Å². The van der Waals surface area contributed by atoms with Crippen molar-refractivity contribution in [2.45, 2.75) is 0 Å². The summed E-state index contributed by atoms with van der Waals surface area (Å²) in [5.74, 6) is 0.464.